The number of fused-ring (bicyclic) bond motifs is 1. The number of halogens is 1. The molecule has 1 aromatic heterocycles. The first-order valence-corrected chi connectivity index (χ1v) is 10.0. The minimum absolute atomic E-state index is 0.0241. The van der Waals surface area contributed by atoms with Gasteiger partial charge >= 0.3 is 5.76 Å². The topological polar surface area (TPSA) is 101 Å². The standard InChI is InChI=1S/C18H17FN2O5S/c19-14-10-13(6-8-16(14)25-12-3-1-2-4-12)27(23,24)21-11-5-7-17-15(9-11)20-18(22)26-17/h5-10,12,21H,1-4H2,(H,20,22). The van der Waals surface area contributed by atoms with Crippen molar-refractivity contribution in [3.8, 4) is 5.75 Å². The molecule has 0 atom stereocenters. The zero-order valence-electron chi connectivity index (χ0n) is 14.2. The van der Waals surface area contributed by atoms with E-state index in [4.69, 9.17) is 9.15 Å². The lowest BCUT2D eigenvalue weighted by Crippen LogP contribution is -2.15. The first kappa shape index (κ1) is 17.6. The van der Waals surface area contributed by atoms with Crippen molar-refractivity contribution in [3.05, 3.63) is 52.8 Å². The summed E-state index contributed by atoms with van der Waals surface area (Å²) in [6, 6.07) is 7.90. The predicted octanol–water partition coefficient (Wildman–Crippen LogP) is 3.38. The van der Waals surface area contributed by atoms with Crippen LogP contribution >= 0.6 is 0 Å². The Labute approximate surface area is 154 Å². The van der Waals surface area contributed by atoms with Crippen LogP contribution in [0, 0.1) is 5.82 Å². The molecule has 1 heterocycles. The summed E-state index contributed by atoms with van der Waals surface area (Å²) < 4.78 is 52.2. The smallest absolute Gasteiger partial charge is 0.417 e. The van der Waals surface area contributed by atoms with Crippen LogP contribution in [-0.4, -0.2) is 19.5 Å². The lowest BCUT2D eigenvalue weighted by Gasteiger charge is -2.14. The van der Waals surface area contributed by atoms with Crippen LogP contribution < -0.4 is 15.2 Å². The van der Waals surface area contributed by atoms with Gasteiger partial charge in [0.15, 0.2) is 17.1 Å². The molecule has 4 rings (SSSR count). The Morgan fingerprint density at radius 1 is 1.15 bits per heavy atom. The highest BCUT2D eigenvalue weighted by Gasteiger charge is 2.21. The molecule has 0 bridgehead atoms. The fraction of sp³-hybridized carbons (Fsp3) is 0.278. The van der Waals surface area contributed by atoms with Crippen LogP contribution in [0.1, 0.15) is 25.7 Å². The molecule has 142 valence electrons. The molecular formula is C18H17FN2O5S. The third-order valence-corrected chi connectivity index (χ3v) is 5.86. The number of H-pyrrole nitrogens is 1. The Hall–Kier alpha value is -2.81. The van der Waals surface area contributed by atoms with Gasteiger partial charge in [-0.15, -0.1) is 0 Å². The quantitative estimate of drug-likeness (QED) is 0.693. The summed E-state index contributed by atoms with van der Waals surface area (Å²) in [5.41, 5.74) is 0.875. The highest BCUT2D eigenvalue weighted by molar-refractivity contribution is 7.92. The summed E-state index contributed by atoms with van der Waals surface area (Å²) in [5, 5.41) is 0. The van der Waals surface area contributed by atoms with Crippen molar-refractivity contribution in [3.63, 3.8) is 0 Å². The van der Waals surface area contributed by atoms with Crippen molar-refractivity contribution in [1.29, 1.82) is 0 Å². The number of rotatable bonds is 5. The fourth-order valence-electron chi connectivity index (χ4n) is 3.16. The van der Waals surface area contributed by atoms with Gasteiger partial charge in [0.05, 0.1) is 22.2 Å². The molecule has 0 saturated heterocycles. The number of hydrogen-bond acceptors (Lipinski definition) is 5. The van der Waals surface area contributed by atoms with E-state index in [-0.39, 0.29) is 22.4 Å². The lowest BCUT2D eigenvalue weighted by atomic mass is 10.3. The molecule has 2 aromatic carbocycles. The van der Waals surface area contributed by atoms with Crippen molar-refractivity contribution in [2.45, 2.75) is 36.7 Å². The minimum atomic E-state index is -4.01. The van der Waals surface area contributed by atoms with E-state index in [2.05, 4.69) is 9.71 Å². The maximum Gasteiger partial charge on any atom is 0.417 e. The van der Waals surface area contributed by atoms with E-state index in [0.717, 1.165) is 31.7 Å². The third-order valence-electron chi connectivity index (χ3n) is 4.48. The molecule has 3 aromatic rings. The molecule has 0 amide bonds. The first-order chi connectivity index (χ1) is 12.9. The monoisotopic (exact) mass is 392 g/mol. The number of aromatic nitrogens is 1. The van der Waals surface area contributed by atoms with Gasteiger partial charge in [-0.05, 0) is 62.1 Å². The Morgan fingerprint density at radius 2 is 1.93 bits per heavy atom. The molecule has 2 N–H and O–H groups in total. The van der Waals surface area contributed by atoms with E-state index in [1.165, 1.54) is 30.3 Å². The van der Waals surface area contributed by atoms with Gasteiger partial charge in [-0.3, -0.25) is 9.71 Å². The predicted molar refractivity (Wildman–Crippen MR) is 96.9 cm³/mol. The van der Waals surface area contributed by atoms with Crippen LogP contribution in [0.15, 0.2) is 50.5 Å². The molecule has 1 aliphatic carbocycles. The molecule has 0 spiro atoms. The van der Waals surface area contributed by atoms with Crippen LogP contribution in [-0.2, 0) is 10.0 Å². The maximum absolute atomic E-state index is 14.3. The summed E-state index contributed by atoms with van der Waals surface area (Å²) in [4.78, 5) is 13.4. The average molecular weight is 392 g/mol. The van der Waals surface area contributed by atoms with Gasteiger partial charge in [0, 0.05) is 0 Å². The van der Waals surface area contributed by atoms with Gasteiger partial charge in [-0.25, -0.2) is 17.6 Å². The van der Waals surface area contributed by atoms with Gasteiger partial charge in [0.1, 0.15) is 0 Å². The van der Waals surface area contributed by atoms with Gasteiger partial charge in [-0.2, -0.15) is 0 Å². The highest BCUT2D eigenvalue weighted by atomic mass is 32.2. The van der Waals surface area contributed by atoms with Gasteiger partial charge < -0.3 is 9.15 Å². The van der Waals surface area contributed by atoms with E-state index in [1.54, 1.807) is 0 Å². The number of aromatic amines is 1. The molecule has 27 heavy (non-hydrogen) atoms. The zero-order valence-corrected chi connectivity index (χ0v) is 15.0. The van der Waals surface area contributed by atoms with E-state index in [0.29, 0.717) is 11.1 Å². The Balaban J connectivity index is 1.56. The molecule has 0 aliphatic heterocycles. The summed E-state index contributed by atoms with van der Waals surface area (Å²) in [7, 11) is -4.01. The third kappa shape index (κ3) is 3.68. The summed E-state index contributed by atoms with van der Waals surface area (Å²) in [6.45, 7) is 0. The summed E-state index contributed by atoms with van der Waals surface area (Å²) in [5.74, 6) is -1.30. The molecule has 7 nitrogen and oxygen atoms in total. The maximum atomic E-state index is 14.3. The number of oxazole rings is 1. The van der Waals surface area contributed by atoms with Crippen LogP contribution in [0.25, 0.3) is 11.1 Å². The number of nitrogens with one attached hydrogen (secondary N) is 2. The lowest BCUT2D eigenvalue weighted by molar-refractivity contribution is 0.200. The Morgan fingerprint density at radius 3 is 2.67 bits per heavy atom. The van der Waals surface area contributed by atoms with E-state index in [9.17, 15) is 17.6 Å². The Bertz CT molecular complexity index is 1150. The molecule has 9 heteroatoms. The van der Waals surface area contributed by atoms with Crippen LogP contribution in [0.5, 0.6) is 5.75 Å². The molecule has 0 unspecified atom stereocenters. The molecule has 0 radical (unpaired) electrons. The highest BCUT2D eigenvalue weighted by Crippen LogP contribution is 2.28. The second-order valence-corrected chi connectivity index (χ2v) is 8.13. The van der Waals surface area contributed by atoms with Crippen molar-refractivity contribution >= 4 is 26.8 Å². The molecule has 1 aliphatic rings. The van der Waals surface area contributed by atoms with E-state index in [1.807, 2.05) is 0 Å². The fourth-order valence-corrected chi connectivity index (χ4v) is 4.22. The molecule has 1 saturated carbocycles. The van der Waals surface area contributed by atoms with Crippen LogP contribution in [0.4, 0.5) is 10.1 Å². The van der Waals surface area contributed by atoms with Crippen molar-refractivity contribution in [1.82, 2.24) is 4.98 Å². The summed E-state index contributed by atoms with van der Waals surface area (Å²) >= 11 is 0. The van der Waals surface area contributed by atoms with E-state index < -0.39 is 21.6 Å². The first-order valence-electron chi connectivity index (χ1n) is 8.53. The van der Waals surface area contributed by atoms with E-state index >= 15 is 0 Å². The molecular weight excluding hydrogens is 375 g/mol. The molecule has 1 fully saturated rings. The van der Waals surface area contributed by atoms with Crippen LogP contribution in [0.2, 0.25) is 0 Å². The normalized spacial score (nSPS) is 15.3. The number of sulfonamides is 1. The number of hydrogen-bond donors (Lipinski definition) is 2. The second-order valence-electron chi connectivity index (χ2n) is 6.45. The zero-order chi connectivity index (χ0) is 19.0. The SMILES string of the molecule is O=c1[nH]c2cc(NS(=O)(=O)c3ccc(OC4CCCC4)c(F)c3)ccc2o1. The largest absolute Gasteiger partial charge is 0.487 e. The van der Waals surface area contributed by atoms with Crippen molar-refractivity contribution < 1.29 is 22.0 Å². The number of anilines is 1. The summed E-state index contributed by atoms with van der Waals surface area (Å²) in [6.07, 6.45) is 3.83. The van der Waals surface area contributed by atoms with Gasteiger partial charge in [0.2, 0.25) is 0 Å². The van der Waals surface area contributed by atoms with Gasteiger partial charge in [0.25, 0.3) is 10.0 Å². The average Bonchev–Trinajstić information content (AvgIpc) is 3.24. The van der Waals surface area contributed by atoms with Crippen molar-refractivity contribution in [2.75, 3.05) is 4.72 Å². The van der Waals surface area contributed by atoms with Crippen molar-refractivity contribution in [2.24, 2.45) is 0 Å². The Kier molecular flexibility index (Phi) is 4.39. The van der Waals surface area contributed by atoms with Crippen LogP contribution in [0.3, 0.4) is 0 Å². The number of ether oxygens (including phenoxy) is 1. The minimum Gasteiger partial charge on any atom is -0.487 e. The van der Waals surface area contributed by atoms with Gasteiger partial charge in [-0.1, -0.05) is 0 Å². The second kappa shape index (κ2) is 6.73. The number of benzene rings is 2.